The molecular formula is C20H25N3O3S. The van der Waals surface area contributed by atoms with E-state index in [0.29, 0.717) is 39.3 Å². The fraction of sp³-hybridized carbons (Fsp3) is 0.400. The minimum absolute atomic E-state index is 0.00789. The summed E-state index contributed by atoms with van der Waals surface area (Å²) in [5.74, 6) is 0.866. The Bertz CT molecular complexity index is 797. The van der Waals surface area contributed by atoms with Crippen molar-refractivity contribution in [1.29, 1.82) is 0 Å². The predicted molar refractivity (Wildman–Crippen MR) is 106 cm³/mol. The van der Waals surface area contributed by atoms with E-state index in [1.54, 1.807) is 7.11 Å². The quantitative estimate of drug-likeness (QED) is 0.825. The maximum atomic E-state index is 12.5. The molecule has 1 saturated heterocycles. The van der Waals surface area contributed by atoms with Crippen LogP contribution in [0.4, 0.5) is 0 Å². The monoisotopic (exact) mass is 387 g/mol. The van der Waals surface area contributed by atoms with E-state index >= 15 is 0 Å². The fourth-order valence-electron chi connectivity index (χ4n) is 3.06. The number of ether oxygens (including phenoxy) is 1. The summed E-state index contributed by atoms with van der Waals surface area (Å²) in [6.07, 6.45) is 0. The van der Waals surface area contributed by atoms with Crippen LogP contribution in [-0.2, 0) is 11.3 Å². The molecule has 1 fully saturated rings. The molecule has 144 valence electrons. The molecule has 1 aromatic carbocycles. The molecule has 2 heterocycles. The minimum Gasteiger partial charge on any atom is -0.497 e. The third-order valence-corrected chi connectivity index (χ3v) is 5.59. The van der Waals surface area contributed by atoms with E-state index in [1.807, 2.05) is 48.2 Å². The average molecular weight is 388 g/mol. The maximum absolute atomic E-state index is 12.5. The van der Waals surface area contributed by atoms with E-state index in [-0.39, 0.29) is 11.8 Å². The van der Waals surface area contributed by atoms with Crippen molar-refractivity contribution in [2.45, 2.75) is 13.5 Å². The van der Waals surface area contributed by atoms with Crippen molar-refractivity contribution in [3.63, 3.8) is 0 Å². The predicted octanol–water partition coefficient (Wildman–Crippen LogP) is 2.14. The summed E-state index contributed by atoms with van der Waals surface area (Å²) >= 11 is 1.53. The molecule has 27 heavy (non-hydrogen) atoms. The first-order valence-electron chi connectivity index (χ1n) is 9.03. The summed E-state index contributed by atoms with van der Waals surface area (Å²) in [4.78, 5) is 30.6. The first-order chi connectivity index (χ1) is 13.0. The van der Waals surface area contributed by atoms with Crippen molar-refractivity contribution in [3.05, 3.63) is 51.7 Å². The molecule has 0 aliphatic carbocycles. The number of hydrogen-bond acceptors (Lipinski definition) is 5. The number of rotatable bonds is 6. The van der Waals surface area contributed by atoms with Gasteiger partial charge in [0.15, 0.2) is 0 Å². The number of benzene rings is 1. The molecule has 1 aliphatic rings. The Balaban J connectivity index is 1.42. The van der Waals surface area contributed by atoms with Crippen LogP contribution in [-0.4, -0.2) is 61.4 Å². The summed E-state index contributed by atoms with van der Waals surface area (Å²) in [6.45, 7) is 5.56. The lowest BCUT2D eigenvalue weighted by Gasteiger charge is -2.34. The fourth-order valence-corrected chi connectivity index (χ4v) is 3.89. The summed E-state index contributed by atoms with van der Waals surface area (Å²) in [6, 6.07) is 11.5. The highest BCUT2D eigenvalue weighted by molar-refractivity contribution is 7.13. The van der Waals surface area contributed by atoms with Crippen molar-refractivity contribution in [1.82, 2.24) is 15.1 Å². The second kappa shape index (κ2) is 9.01. The number of aryl methyl sites for hydroxylation is 1. The number of amides is 2. The molecule has 0 spiro atoms. The summed E-state index contributed by atoms with van der Waals surface area (Å²) in [5, 5.41) is 2.95. The van der Waals surface area contributed by atoms with Crippen LogP contribution in [0.1, 0.15) is 20.1 Å². The van der Waals surface area contributed by atoms with E-state index in [4.69, 9.17) is 4.74 Å². The van der Waals surface area contributed by atoms with E-state index in [0.717, 1.165) is 21.1 Å². The number of thiophene rings is 1. The minimum atomic E-state index is -0.00789. The van der Waals surface area contributed by atoms with Crippen molar-refractivity contribution in [3.8, 4) is 5.75 Å². The Morgan fingerprint density at radius 2 is 1.93 bits per heavy atom. The summed E-state index contributed by atoms with van der Waals surface area (Å²) in [7, 11) is 1.63. The van der Waals surface area contributed by atoms with Crippen LogP contribution in [0.15, 0.2) is 36.4 Å². The van der Waals surface area contributed by atoms with Gasteiger partial charge < -0.3 is 15.0 Å². The number of carbonyl (C=O) groups is 2. The molecule has 2 amide bonds. The van der Waals surface area contributed by atoms with Gasteiger partial charge in [-0.15, -0.1) is 11.3 Å². The Hall–Kier alpha value is -2.38. The van der Waals surface area contributed by atoms with Crippen LogP contribution in [0.5, 0.6) is 5.75 Å². The molecule has 7 heteroatoms. The van der Waals surface area contributed by atoms with Crippen LogP contribution >= 0.6 is 11.3 Å². The van der Waals surface area contributed by atoms with Crippen molar-refractivity contribution < 1.29 is 14.3 Å². The highest BCUT2D eigenvalue weighted by Gasteiger charge is 2.24. The third-order valence-electron chi connectivity index (χ3n) is 4.60. The third kappa shape index (κ3) is 5.30. The molecular weight excluding hydrogens is 362 g/mol. The molecule has 6 nitrogen and oxygen atoms in total. The van der Waals surface area contributed by atoms with E-state index in [1.165, 1.54) is 11.3 Å². The van der Waals surface area contributed by atoms with Gasteiger partial charge in [0.1, 0.15) is 5.75 Å². The van der Waals surface area contributed by atoms with Crippen LogP contribution in [0.3, 0.4) is 0 Å². The van der Waals surface area contributed by atoms with Crippen molar-refractivity contribution in [2.24, 2.45) is 0 Å². The zero-order chi connectivity index (χ0) is 19.2. The number of carbonyl (C=O) groups excluding carboxylic acids is 2. The highest BCUT2D eigenvalue weighted by atomic mass is 32.1. The van der Waals surface area contributed by atoms with Gasteiger partial charge in [0.05, 0.1) is 18.5 Å². The second-order valence-corrected chi connectivity index (χ2v) is 7.89. The molecule has 0 bridgehead atoms. The van der Waals surface area contributed by atoms with Gasteiger partial charge in [-0.05, 0) is 36.8 Å². The Labute approximate surface area is 163 Å². The van der Waals surface area contributed by atoms with Crippen LogP contribution in [0, 0.1) is 6.92 Å². The molecule has 0 saturated carbocycles. The van der Waals surface area contributed by atoms with Gasteiger partial charge >= 0.3 is 0 Å². The maximum Gasteiger partial charge on any atom is 0.264 e. The zero-order valence-electron chi connectivity index (χ0n) is 15.7. The molecule has 0 atom stereocenters. The number of methoxy groups -OCH3 is 1. The Morgan fingerprint density at radius 3 is 2.59 bits per heavy atom. The van der Waals surface area contributed by atoms with Crippen molar-refractivity contribution >= 4 is 23.2 Å². The molecule has 0 radical (unpaired) electrons. The van der Waals surface area contributed by atoms with Gasteiger partial charge in [0.2, 0.25) is 5.91 Å². The number of hydrogen-bond donors (Lipinski definition) is 1. The number of nitrogens with one attached hydrogen (secondary N) is 1. The Kier molecular flexibility index (Phi) is 6.47. The van der Waals surface area contributed by atoms with Gasteiger partial charge in [-0.25, -0.2) is 0 Å². The van der Waals surface area contributed by atoms with Crippen LogP contribution in [0.25, 0.3) is 0 Å². The van der Waals surface area contributed by atoms with Gasteiger partial charge in [0.25, 0.3) is 5.91 Å². The lowest BCUT2D eigenvalue weighted by atomic mass is 10.2. The lowest BCUT2D eigenvalue weighted by Crippen LogP contribution is -2.51. The number of nitrogens with zero attached hydrogens (tertiary/aromatic N) is 2. The number of piperazine rings is 1. The van der Waals surface area contributed by atoms with E-state index in [2.05, 4.69) is 10.2 Å². The second-order valence-electron chi connectivity index (χ2n) is 6.61. The largest absolute Gasteiger partial charge is 0.497 e. The molecule has 0 unspecified atom stereocenters. The SMILES string of the molecule is COc1cccc(CNC(=O)CN2CCN(C(=O)c3ccc(C)s3)CC2)c1. The van der Waals surface area contributed by atoms with Gasteiger partial charge in [-0.3, -0.25) is 14.5 Å². The van der Waals surface area contributed by atoms with Gasteiger partial charge in [-0.2, -0.15) is 0 Å². The van der Waals surface area contributed by atoms with Crippen molar-refractivity contribution in [2.75, 3.05) is 39.8 Å². The van der Waals surface area contributed by atoms with Crippen LogP contribution < -0.4 is 10.1 Å². The highest BCUT2D eigenvalue weighted by Crippen LogP contribution is 2.18. The van der Waals surface area contributed by atoms with E-state index < -0.39 is 0 Å². The van der Waals surface area contributed by atoms with E-state index in [9.17, 15) is 9.59 Å². The standard InChI is InChI=1S/C20H25N3O3S/c1-15-6-7-18(27-15)20(25)23-10-8-22(9-11-23)14-19(24)21-13-16-4-3-5-17(12-16)26-2/h3-7,12H,8-11,13-14H2,1-2H3,(H,21,24). The normalized spacial score (nSPS) is 14.8. The topological polar surface area (TPSA) is 61.9 Å². The lowest BCUT2D eigenvalue weighted by molar-refractivity contribution is -0.122. The molecule has 1 aromatic heterocycles. The Morgan fingerprint density at radius 1 is 1.15 bits per heavy atom. The van der Waals surface area contributed by atoms with Gasteiger partial charge in [0, 0.05) is 37.6 Å². The average Bonchev–Trinajstić information content (AvgIpc) is 3.13. The van der Waals surface area contributed by atoms with Crippen LogP contribution in [0.2, 0.25) is 0 Å². The molecule has 1 aliphatic heterocycles. The summed E-state index contributed by atoms with van der Waals surface area (Å²) < 4.78 is 5.19. The zero-order valence-corrected chi connectivity index (χ0v) is 16.6. The molecule has 2 aromatic rings. The molecule has 1 N–H and O–H groups in total. The van der Waals surface area contributed by atoms with Gasteiger partial charge in [-0.1, -0.05) is 12.1 Å². The molecule has 3 rings (SSSR count). The first-order valence-corrected chi connectivity index (χ1v) is 9.84. The smallest absolute Gasteiger partial charge is 0.264 e. The first kappa shape index (κ1) is 19.4. The summed E-state index contributed by atoms with van der Waals surface area (Å²) in [5.41, 5.74) is 1.00.